The summed E-state index contributed by atoms with van der Waals surface area (Å²) in [6.45, 7) is 2.19. The molecule has 32 heavy (non-hydrogen) atoms. The van der Waals surface area contributed by atoms with Crippen molar-refractivity contribution < 1.29 is 27.2 Å². The number of rotatable bonds is 8. The van der Waals surface area contributed by atoms with Crippen molar-refractivity contribution in [3.63, 3.8) is 0 Å². The van der Waals surface area contributed by atoms with E-state index in [0.717, 1.165) is 37.1 Å². The van der Waals surface area contributed by atoms with Crippen molar-refractivity contribution in [3.05, 3.63) is 59.6 Å². The topological polar surface area (TPSA) is 73.5 Å². The summed E-state index contributed by atoms with van der Waals surface area (Å²) in [6.07, 6.45) is -0.963. The zero-order valence-electron chi connectivity index (χ0n) is 17.5. The predicted molar refractivity (Wildman–Crippen MR) is 109 cm³/mol. The molecule has 1 aliphatic rings. The summed E-state index contributed by atoms with van der Waals surface area (Å²) in [7, 11) is 1.60. The first kappa shape index (κ1) is 22.2. The highest BCUT2D eigenvalue weighted by molar-refractivity contribution is 5.50. The fraction of sp³-hybridized carbons (Fsp3) is 0.409. The van der Waals surface area contributed by atoms with Gasteiger partial charge in [-0.2, -0.15) is 18.2 Å². The maximum absolute atomic E-state index is 12.8. The van der Waals surface area contributed by atoms with Crippen molar-refractivity contribution in [2.75, 3.05) is 26.9 Å². The summed E-state index contributed by atoms with van der Waals surface area (Å²) in [5, 5.41) is 4.07. The van der Waals surface area contributed by atoms with Crippen LogP contribution in [0.4, 0.5) is 13.2 Å². The molecule has 1 aromatic carbocycles. The third-order valence-electron chi connectivity index (χ3n) is 5.27. The third kappa shape index (κ3) is 5.25. The lowest BCUT2D eigenvalue weighted by atomic mass is 10.1. The van der Waals surface area contributed by atoms with Crippen LogP contribution in [-0.4, -0.2) is 46.9 Å². The van der Waals surface area contributed by atoms with Crippen LogP contribution in [0, 0.1) is 0 Å². The highest BCUT2D eigenvalue weighted by Gasteiger charge is 2.32. The molecule has 10 heteroatoms. The predicted octanol–water partition coefficient (Wildman–Crippen LogP) is 4.51. The molecule has 3 aromatic rings. The highest BCUT2D eigenvalue weighted by Crippen LogP contribution is 2.34. The van der Waals surface area contributed by atoms with Gasteiger partial charge in [-0.15, -0.1) is 0 Å². The summed E-state index contributed by atoms with van der Waals surface area (Å²) in [5.41, 5.74) is 0.677. The summed E-state index contributed by atoms with van der Waals surface area (Å²) < 4.78 is 54.5. The van der Waals surface area contributed by atoms with Crippen LogP contribution in [0.5, 0.6) is 5.75 Å². The largest absolute Gasteiger partial charge is 0.491 e. The van der Waals surface area contributed by atoms with Crippen LogP contribution in [0.3, 0.4) is 0 Å². The van der Waals surface area contributed by atoms with Gasteiger partial charge in [0.2, 0.25) is 11.7 Å². The standard InChI is InChI=1S/C22H23F3N4O3/c1-30-11-12-31-17-8-9-26-18(13-17)20-27-21(32-28-20)19-3-2-10-29(19)14-15-4-6-16(7-5-15)22(23,24)25/h4-9,13,19H,2-3,10-12,14H2,1H3/t19-/m1/s1. The Kier molecular flexibility index (Phi) is 6.71. The van der Waals surface area contributed by atoms with Crippen LogP contribution >= 0.6 is 0 Å². The molecule has 0 aliphatic carbocycles. The molecule has 1 fully saturated rings. The zero-order chi connectivity index (χ0) is 22.6. The Labute approximate surface area is 183 Å². The van der Waals surface area contributed by atoms with Crippen molar-refractivity contribution in [1.29, 1.82) is 0 Å². The first-order valence-electron chi connectivity index (χ1n) is 10.3. The van der Waals surface area contributed by atoms with E-state index < -0.39 is 11.7 Å². The number of halogens is 3. The summed E-state index contributed by atoms with van der Waals surface area (Å²) >= 11 is 0. The maximum atomic E-state index is 12.8. The Morgan fingerprint density at radius 2 is 1.97 bits per heavy atom. The van der Waals surface area contributed by atoms with Gasteiger partial charge in [0.15, 0.2) is 0 Å². The Balaban J connectivity index is 1.45. The summed E-state index contributed by atoms with van der Waals surface area (Å²) in [5.74, 6) is 1.46. The minimum absolute atomic E-state index is 0.0975. The van der Waals surface area contributed by atoms with Crippen LogP contribution in [0.1, 0.15) is 35.9 Å². The van der Waals surface area contributed by atoms with Crippen LogP contribution in [0.25, 0.3) is 11.5 Å². The average Bonchev–Trinajstić information content (AvgIpc) is 3.43. The first-order chi connectivity index (χ1) is 15.4. The van der Waals surface area contributed by atoms with Crippen molar-refractivity contribution in [2.45, 2.75) is 31.6 Å². The highest BCUT2D eigenvalue weighted by atomic mass is 19.4. The Bertz CT molecular complexity index is 1020. The van der Waals surface area contributed by atoms with Crippen molar-refractivity contribution in [1.82, 2.24) is 20.0 Å². The molecule has 1 aliphatic heterocycles. The number of nitrogens with zero attached hydrogens (tertiary/aromatic N) is 4. The van der Waals surface area contributed by atoms with E-state index in [0.29, 0.717) is 42.9 Å². The Morgan fingerprint density at radius 3 is 2.72 bits per heavy atom. The van der Waals surface area contributed by atoms with Gasteiger partial charge < -0.3 is 14.0 Å². The number of benzene rings is 1. The molecule has 0 saturated carbocycles. The number of hydrogen-bond donors (Lipinski definition) is 0. The molecular formula is C22H23F3N4O3. The van der Waals surface area contributed by atoms with Crippen LogP contribution in [-0.2, 0) is 17.5 Å². The van der Waals surface area contributed by atoms with Crippen LogP contribution < -0.4 is 4.74 Å². The molecule has 2 aromatic heterocycles. The SMILES string of the molecule is COCCOc1ccnc(-c2noc([C@H]3CCCN3Cc3ccc(C(F)(F)F)cc3)n2)c1. The van der Waals surface area contributed by atoms with E-state index in [1.807, 2.05) is 0 Å². The molecule has 3 heterocycles. The van der Waals surface area contributed by atoms with Crippen LogP contribution in [0.15, 0.2) is 47.1 Å². The zero-order valence-corrected chi connectivity index (χ0v) is 17.5. The van der Waals surface area contributed by atoms with Gasteiger partial charge in [-0.3, -0.25) is 9.88 Å². The number of methoxy groups -OCH3 is 1. The molecule has 0 amide bonds. The smallest absolute Gasteiger partial charge is 0.416 e. The van der Waals surface area contributed by atoms with E-state index >= 15 is 0 Å². The molecule has 0 radical (unpaired) electrons. The quantitative estimate of drug-likeness (QED) is 0.470. The van der Waals surface area contributed by atoms with Crippen LogP contribution in [0.2, 0.25) is 0 Å². The summed E-state index contributed by atoms with van der Waals surface area (Å²) in [4.78, 5) is 11.0. The van der Waals surface area contributed by atoms with Crippen molar-refractivity contribution in [3.8, 4) is 17.3 Å². The second kappa shape index (κ2) is 9.66. The molecular weight excluding hydrogens is 425 g/mol. The molecule has 170 valence electrons. The van der Waals surface area contributed by atoms with E-state index in [9.17, 15) is 13.2 Å². The van der Waals surface area contributed by atoms with Gasteiger partial charge >= 0.3 is 6.18 Å². The third-order valence-corrected chi connectivity index (χ3v) is 5.27. The minimum Gasteiger partial charge on any atom is -0.491 e. The Hall–Kier alpha value is -2.98. The van der Waals surface area contributed by atoms with E-state index in [4.69, 9.17) is 14.0 Å². The number of aromatic nitrogens is 3. The maximum Gasteiger partial charge on any atom is 0.416 e. The normalized spacial score (nSPS) is 17.1. The molecule has 0 unspecified atom stereocenters. The molecule has 1 atom stereocenters. The van der Waals surface area contributed by atoms with E-state index in [1.165, 1.54) is 12.1 Å². The lowest BCUT2D eigenvalue weighted by molar-refractivity contribution is -0.137. The van der Waals surface area contributed by atoms with Gasteiger partial charge in [0, 0.05) is 25.9 Å². The number of likely N-dealkylation sites (tertiary alicyclic amines) is 1. The van der Waals surface area contributed by atoms with Gasteiger partial charge in [-0.25, -0.2) is 0 Å². The molecule has 0 bridgehead atoms. The lowest BCUT2D eigenvalue weighted by Gasteiger charge is -2.21. The minimum atomic E-state index is -4.34. The average molecular weight is 448 g/mol. The first-order valence-corrected chi connectivity index (χ1v) is 10.3. The second-order valence-corrected chi connectivity index (χ2v) is 7.50. The monoisotopic (exact) mass is 448 g/mol. The summed E-state index contributed by atoms with van der Waals surface area (Å²) in [6, 6.07) is 8.62. The van der Waals surface area contributed by atoms with E-state index in [-0.39, 0.29) is 6.04 Å². The molecule has 4 rings (SSSR count). The number of hydrogen-bond acceptors (Lipinski definition) is 7. The van der Waals surface area contributed by atoms with Gasteiger partial charge in [-0.1, -0.05) is 17.3 Å². The molecule has 0 N–H and O–H groups in total. The fourth-order valence-corrected chi connectivity index (χ4v) is 3.67. The van der Waals surface area contributed by atoms with E-state index in [2.05, 4.69) is 20.0 Å². The molecule has 7 nitrogen and oxygen atoms in total. The Morgan fingerprint density at radius 1 is 1.16 bits per heavy atom. The number of alkyl halides is 3. The number of ether oxygens (including phenoxy) is 2. The van der Waals surface area contributed by atoms with Crippen molar-refractivity contribution >= 4 is 0 Å². The number of pyridine rings is 1. The van der Waals surface area contributed by atoms with E-state index in [1.54, 1.807) is 25.4 Å². The van der Waals surface area contributed by atoms with Gasteiger partial charge in [0.1, 0.15) is 18.1 Å². The fourth-order valence-electron chi connectivity index (χ4n) is 3.67. The van der Waals surface area contributed by atoms with Gasteiger partial charge in [0.05, 0.1) is 18.2 Å². The lowest BCUT2D eigenvalue weighted by Crippen LogP contribution is -2.23. The second-order valence-electron chi connectivity index (χ2n) is 7.50. The van der Waals surface area contributed by atoms with Gasteiger partial charge in [0.25, 0.3) is 0 Å². The molecule has 1 saturated heterocycles. The molecule has 0 spiro atoms. The van der Waals surface area contributed by atoms with Crippen molar-refractivity contribution in [2.24, 2.45) is 0 Å². The van der Waals surface area contributed by atoms with Gasteiger partial charge in [-0.05, 0) is 43.1 Å².